The number of anilines is 1. The molecule has 1 rings (SSSR count). The number of rotatable bonds is 7. The molecule has 0 aliphatic carbocycles. The molecule has 0 spiro atoms. The quantitative estimate of drug-likeness (QED) is 0.672. The maximum atomic E-state index is 13.1. The first-order valence-corrected chi connectivity index (χ1v) is 5.02. The van der Waals surface area contributed by atoms with Gasteiger partial charge in [0.2, 0.25) is 0 Å². The first-order valence-electron chi connectivity index (χ1n) is 5.02. The number of nitrogens with one attached hydrogen (secondary N) is 2. The van der Waals surface area contributed by atoms with Crippen LogP contribution in [-0.2, 0) is 4.74 Å². The van der Waals surface area contributed by atoms with E-state index in [-0.39, 0.29) is 5.82 Å². The molecule has 0 radical (unpaired) electrons. The van der Waals surface area contributed by atoms with Gasteiger partial charge in [-0.2, -0.15) is 0 Å². The molecule has 0 saturated carbocycles. The number of hydrogen-bond donors (Lipinski definition) is 2. The topological polar surface area (TPSA) is 33.3 Å². The molecule has 0 fully saturated rings. The fourth-order valence-electron chi connectivity index (χ4n) is 1.19. The lowest BCUT2D eigenvalue weighted by Crippen LogP contribution is -2.25. The highest BCUT2D eigenvalue weighted by atomic mass is 19.1. The van der Waals surface area contributed by atoms with Crippen LogP contribution in [0.25, 0.3) is 0 Å². The van der Waals surface area contributed by atoms with Crippen LogP contribution < -0.4 is 10.6 Å². The molecule has 0 aliphatic heterocycles. The van der Waals surface area contributed by atoms with Crippen LogP contribution in [0, 0.1) is 5.82 Å². The van der Waals surface area contributed by atoms with Gasteiger partial charge in [0.05, 0.1) is 12.3 Å². The molecule has 1 aromatic carbocycles. The summed E-state index contributed by atoms with van der Waals surface area (Å²) in [6.07, 6.45) is 0. The van der Waals surface area contributed by atoms with Crippen molar-refractivity contribution in [2.75, 3.05) is 38.7 Å². The van der Waals surface area contributed by atoms with Crippen molar-refractivity contribution in [2.24, 2.45) is 0 Å². The number of benzene rings is 1. The maximum Gasteiger partial charge on any atom is 0.146 e. The molecular formula is C11H17FN2O. The highest BCUT2D eigenvalue weighted by molar-refractivity contribution is 5.44. The van der Waals surface area contributed by atoms with Gasteiger partial charge in [0.25, 0.3) is 0 Å². The Morgan fingerprint density at radius 2 is 2.00 bits per heavy atom. The lowest BCUT2D eigenvalue weighted by atomic mass is 10.3. The molecule has 15 heavy (non-hydrogen) atoms. The Morgan fingerprint density at radius 3 is 2.73 bits per heavy atom. The molecule has 2 N–H and O–H groups in total. The minimum atomic E-state index is -0.214. The summed E-state index contributed by atoms with van der Waals surface area (Å²) in [5.74, 6) is -0.214. The van der Waals surface area contributed by atoms with E-state index in [4.69, 9.17) is 4.74 Å². The highest BCUT2D eigenvalue weighted by Gasteiger charge is 1.97. The molecule has 1 aromatic rings. The third-order valence-electron chi connectivity index (χ3n) is 1.97. The van der Waals surface area contributed by atoms with Gasteiger partial charge in [-0.15, -0.1) is 0 Å². The average molecular weight is 212 g/mol. The Hall–Kier alpha value is -1.13. The number of ether oxygens (including phenoxy) is 1. The van der Waals surface area contributed by atoms with E-state index in [1.165, 1.54) is 6.07 Å². The molecule has 0 bridgehead atoms. The zero-order chi connectivity index (χ0) is 10.9. The van der Waals surface area contributed by atoms with Crippen molar-refractivity contribution in [2.45, 2.75) is 0 Å². The van der Waals surface area contributed by atoms with Gasteiger partial charge >= 0.3 is 0 Å². The summed E-state index contributed by atoms with van der Waals surface area (Å²) in [5.41, 5.74) is 0.547. The molecule has 0 heterocycles. The largest absolute Gasteiger partial charge is 0.383 e. The van der Waals surface area contributed by atoms with Gasteiger partial charge in [-0.05, 0) is 12.1 Å². The lowest BCUT2D eigenvalue weighted by Gasteiger charge is -2.07. The van der Waals surface area contributed by atoms with E-state index in [2.05, 4.69) is 10.6 Å². The van der Waals surface area contributed by atoms with Crippen molar-refractivity contribution < 1.29 is 9.13 Å². The van der Waals surface area contributed by atoms with Gasteiger partial charge in [-0.25, -0.2) is 4.39 Å². The molecule has 0 unspecified atom stereocenters. The van der Waals surface area contributed by atoms with Crippen LogP contribution in [0.3, 0.4) is 0 Å². The van der Waals surface area contributed by atoms with E-state index in [0.717, 1.165) is 13.1 Å². The molecule has 0 saturated heterocycles. The van der Waals surface area contributed by atoms with E-state index < -0.39 is 0 Å². The van der Waals surface area contributed by atoms with Gasteiger partial charge in [0.1, 0.15) is 5.82 Å². The van der Waals surface area contributed by atoms with Gasteiger partial charge in [0.15, 0.2) is 0 Å². The van der Waals surface area contributed by atoms with E-state index >= 15 is 0 Å². The second-order valence-corrected chi connectivity index (χ2v) is 3.15. The van der Waals surface area contributed by atoms with Crippen LogP contribution in [-0.4, -0.2) is 33.4 Å². The summed E-state index contributed by atoms with van der Waals surface area (Å²) in [5, 5.41) is 6.18. The van der Waals surface area contributed by atoms with Gasteiger partial charge in [0, 0.05) is 26.7 Å². The monoisotopic (exact) mass is 212 g/mol. The Kier molecular flexibility index (Phi) is 5.73. The van der Waals surface area contributed by atoms with Crippen molar-refractivity contribution >= 4 is 5.69 Å². The summed E-state index contributed by atoms with van der Waals surface area (Å²) in [6.45, 7) is 3.00. The normalized spacial score (nSPS) is 10.3. The van der Waals surface area contributed by atoms with Crippen molar-refractivity contribution in [3.8, 4) is 0 Å². The second-order valence-electron chi connectivity index (χ2n) is 3.15. The third kappa shape index (κ3) is 4.76. The highest BCUT2D eigenvalue weighted by Crippen LogP contribution is 2.11. The first-order chi connectivity index (χ1) is 7.34. The fraction of sp³-hybridized carbons (Fsp3) is 0.455. The summed E-state index contributed by atoms with van der Waals surface area (Å²) >= 11 is 0. The first kappa shape index (κ1) is 11.9. The number of hydrogen-bond acceptors (Lipinski definition) is 3. The van der Waals surface area contributed by atoms with Crippen molar-refractivity contribution in [1.82, 2.24) is 5.32 Å². The van der Waals surface area contributed by atoms with Crippen molar-refractivity contribution in [1.29, 1.82) is 0 Å². The SMILES string of the molecule is COCCNCCNc1ccccc1F. The standard InChI is InChI=1S/C11H17FN2O/c1-15-9-8-13-6-7-14-11-5-3-2-4-10(11)12/h2-5,13-14H,6-9H2,1H3. The molecule has 0 aromatic heterocycles. The predicted octanol–water partition coefficient (Wildman–Crippen LogP) is 1.47. The van der Waals surface area contributed by atoms with Gasteiger partial charge in [-0.3, -0.25) is 0 Å². The van der Waals surface area contributed by atoms with E-state index in [0.29, 0.717) is 18.8 Å². The minimum Gasteiger partial charge on any atom is -0.383 e. The zero-order valence-electron chi connectivity index (χ0n) is 8.92. The smallest absolute Gasteiger partial charge is 0.146 e. The van der Waals surface area contributed by atoms with Gasteiger partial charge < -0.3 is 15.4 Å². The molecule has 4 heteroatoms. The van der Waals surface area contributed by atoms with Gasteiger partial charge in [-0.1, -0.05) is 12.1 Å². The molecule has 0 amide bonds. The fourth-order valence-corrected chi connectivity index (χ4v) is 1.19. The van der Waals surface area contributed by atoms with E-state index in [1.54, 1.807) is 19.2 Å². The van der Waals surface area contributed by atoms with E-state index in [9.17, 15) is 4.39 Å². The molecule has 3 nitrogen and oxygen atoms in total. The Balaban J connectivity index is 2.12. The zero-order valence-corrected chi connectivity index (χ0v) is 8.92. The molecule has 84 valence electrons. The minimum absolute atomic E-state index is 0.214. The summed E-state index contributed by atoms with van der Waals surface area (Å²) in [4.78, 5) is 0. The number of para-hydroxylation sites is 1. The van der Waals surface area contributed by atoms with Crippen LogP contribution >= 0.6 is 0 Å². The summed E-state index contributed by atoms with van der Waals surface area (Å²) in [6, 6.07) is 6.66. The summed E-state index contributed by atoms with van der Waals surface area (Å²) < 4.78 is 18.0. The predicted molar refractivity (Wildman–Crippen MR) is 59.6 cm³/mol. The lowest BCUT2D eigenvalue weighted by molar-refractivity contribution is 0.200. The Labute approximate surface area is 89.6 Å². The molecule has 0 aliphatic rings. The van der Waals surface area contributed by atoms with Crippen LogP contribution in [0.4, 0.5) is 10.1 Å². The van der Waals surface area contributed by atoms with Crippen LogP contribution in [0.1, 0.15) is 0 Å². The Bertz CT molecular complexity index is 281. The second kappa shape index (κ2) is 7.20. The van der Waals surface area contributed by atoms with Crippen LogP contribution in [0.15, 0.2) is 24.3 Å². The van der Waals surface area contributed by atoms with E-state index in [1.807, 2.05) is 6.07 Å². The van der Waals surface area contributed by atoms with Crippen LogP contribution in [0.2, 0.25) is 0 Å². The van der Waals surface area contributed by atoms with Crippen molar-refractivity contribution in [3.05, 3.63) is 30.1 Å². The van der Waals surface area contributed by atoms with Crippen molar-refractivity contribution in [3.63, 3.8) is 0 Å². The summed E-state index contributed by atoms with van der Waals surface area (Å²) in [7, 11) is 1.67. The molecular weight excluding hydrogens is 195 g/mol. The van der Waals surface area contributed by atoms with Crippen LogP contribution in [0.5, 0.6) is 0 Å². The maximum absolute atomic E-state index is 13.1. The number of halogens is 1. The number of methoxy groups -OCH3 is 1. The molecule has 0 atom stereocenters. The third-order valence-corrected chi connectivity index (χ3v) is 1.97. The Morgan fingerprint density at radius 1 is 1.20 bits per heavy atom. The average Bonchev–Trinajstić information content (AvgIpc) is 2.25.